The van der Waals surface area contributed by atoms with Gasteiger partial charge in [-0.05, 0) is 48.7 Å². The molecule has 0 aliphatic heterocycles. The first-order valence-electron chi connectivity index (χ1n) is 8.87. The van der Waals surface area contributed by atoms with Gasteiger partial charge in [-0.15, -0.1) is 0 Å². The van der Waals surface area contributed by atoms with Crippen LogP contribution < -0.4 is 10.1 Å². The first-order valence-corrected chi connectivity index (χ1v) is 9.25. The summed E-state index contributed by atoms with van der Waals surface area (Å²) in [6, 6.07) is 24.8. The molecule has 0 spiro atoms. The summed E-state index contributed by atoms with van der Waals surface area (Å²) in [6.07, 6.45) is -0.654. The summed E-state index contributed by atoms with van der Waals surface area (Å²) in [4.78, 5) is 12.8. The zero-order chi connectivity index (χ0) is 19.2. The van der Waals surface area contributed by atoms with E-state index in [9.17, 15) is 4.79 Å². The molecule has 0 radical (unpaired) electrons. The van der Waals surface area contributed by atoms with Crippen molar-refractivity contribution in [2.24, 2.45) is 0 Å². The Balaban J connectivity index is 1.81. The summed E-state index contributed by atoms with van der Waals surface area (Å²) >= 11 is 5.99. The second kappa shape index (κ2) is 8.74. The van der Waals surface area contributed by atoms with Gasteiger partial charge in [-0.2, -0.15) is 0 Å². The van der Waals surface area contributed by atoms with Gasteiger partial charge in [0.25, 0.3) is 5.91 Å². The number of carbonyl (C=O) groups is 1. The maximum atomic E-state index is 12.8. The van der Waals surface area contributed by atoms with E-state index in [0.717, 1.165) is 16.7 Å². The Bertz CT molecular complexity index is 911. The zero-order valence-corrected chi connectivity index (χ0v) is 16.1. The van der Waals surface area contributed by atoms with Crippen molar-refractivity contribution in [3.63, 3.8) is 0 Å². The van der Waals surface area contributed by atoms with Gasteiger partial charge in [0.05, 0.1) is 6.04 Å². The van der Waals surface area contributed by atoms with Gasteiger partial charge in [0.1, 0.15) is 5.75 Å². The number of benzene rings is 3. The highest BCUT2D eigenvalue weighted by Crippen LogP contribution is 2.25. The minimum atomic E-state index is -0.654. The molecule has 0 unspecified atom stereocenters. The number of rotatable bonds is 6. The highest BCUT2D eigenvalue weighted by Gasteiger charge is 2.22. The normalized spacial score (nSPS) is 12.9. The second-order valence-corrected chi connectivity index (χ2v) is 6.86. The lowest BCUT2D eigenvalue weighted by Crippen LogP contribution is -2.39. The van der Waals surface area contributed by atoms with Crippen molar-refractivity contribution in [3.8, 4) is 5.75 Å². The van der Waals surface area contributed by atoms with E-state index < -0.39 is 6.10 Å². The van der Waals surface area contributed by atoms with Crippen LogP contribution in [0.2, 0.25) is 5.02 Å². The van der Waals surface area contributed by atoms with Crippen molar-refractivity contribution in [1.82, 2.24) is 5.32 Å². The van der Waals surface area contributed by atoms with E-state index in [0.29, 0.717) is 10.8 Å². The van der Waals surface area contributed by atoms with Crippen molar-refractivity contribution in [1.29, 1.82) is 0 Å². The molecular weight excluding hydrogens is 358 g/mol. The number of ether oxygens (including phenoxy) is 1. The zero-order valence-electron chi connectivity index (χ0n) is 15.4. The molecule has 3 aromatic rings. The molecule has 138 valence electrons. The molecule has 3 nitrogen and oxygen atoms in total. The highest BCUT2D eigenvalue weighted by molar-refractivity contribution is 6.30. The molecule has 3 rings (SSSR count). The van der Waals surface area contributed by atoms with E-state index in [4.69, 9.17) is 16.3 Å². The summed E-state index contributed by atoms with van der Waals surface area (Å²) in [5, 5.41) is 3.70. The fourth-order valence-electron chi connectivity index (χ4n) is 2.95. The minimum absolute atomic E-state index is 0.188. The molecule has 0 aromatic heterocycles. The van der Waals surface area contributed by atoms with E-state index >= 15 is 0 Å². The van der Waals surface area contributed by atoms with Crippen LogP contribution in [0.5, 0.6) is 5.75 Å². The van der Waals surface area contributed by atoms with Crippen LogP contribution in [0.3, 0.4) is 0 Å². The number of amides is 1. The first-order chi connectivity index (χ1) is 13.0. The van der Waals surface area contributed by atoms with Crippen molar-refractivity contribution in [2.75, 3.05) is 0 Å². The number of nitrogens with one attached hydrogen (secondary N) is 1. The molecule has 0 heterocycles. The average molecular weight is 380 g/mol. The van der Waals surface area contributed by atoms with E-state index in [2.05, 4.69) is 5.32 Å². The molecule has 27 heavy (non-hydrogen) atoms. The fourth-order valence-corrected chi connectivity index (χ4v) is 3.13. The molecule has 0 aliphatic rings. The molecule has 0 saturated carbocycles. The Labute approximate surface area is 164 Å². The van der Waals surface area contributed by atoms with Crippen LogP contribution in [-0.4, -0.2) is 12.0 Å². The largest absolute Gasteiger partial charge is 0.481 e. The summed E-state index contributed by atoms with van der Waals surface area (Å²) < 4.78 is 5.76. The SMILES string of the molecule is Cc1ccccc1[C@@H](NC(=O)[C@H](C)Oc1cccc(Cl)c1)c1ccccc1. The number of hydrogen-bond donors (Lipinski definition) is 1. The van der Waals surface area contributed by atoms with Crippen LogP contribution in [0.4, 0.5) is 0 Å². The number of halogens is 1. The molecule has 3 aromatic carbocycles. The average Bonchev–Trinajstić information content (AvgIpc) is 2.67. The Morgan fingerprint density at radius 3 is 2.37 bits per heavy atom. The maximum Gasteiger partial charge on any atom is 0.261 e. The van der Waals surface area contributed by atoms with Crippen LogP contribution in [0.15, 0.2) is 78.9 Å². The van der Waals surface area contributed by atoms with E-state index in [1.807, 2.05) is 61.5 Å². The van der Waals surface area contributed by atoms with Crippen LogP contribution >= 0.6 is 11.6 Å². The lowest BCUT2D eigenvalue weighted by atomic mass is 9.95. The van der Waals surface area contributed by atoms with Crippen molar-refractivity contribution < 1.29 is 9.53 Å². The van der Waals surface area contributed by atoms with Crippen molar-refractivity contribution in [3.05, 3.63) is 101 Å². The Hall–Kier alpha value is -2.78. The minimum Gasteiger partial charge on any atom is -0.481 e. The first kappa shape index (κ1) is 19.0. The molecule has 0 saturated heterocycles. The van der Waals surface area contributed by atoms with Crippen LogP contribution in [-0.2, 0) is 4.79 Å². The lowest BCUT2D eigenvalue weighted by molar-refractivity contribution is -0.127. The predicted octanol–water partition coefficient (Wildman–Crippen LogP) is 5.32. The lowest BCUT2D eigenvalue weighted by Gasteiger charge is -2.24. The van der Waals surface area contributed by atoms with Crippen LogP contribution in [0.1, 0.15) is 29.7 Å². The molecule has 0 aliphatic carbocycles. The standard InChI is InChI=1S/C23H22ClNO2/c1-16-9-6-7-14-21(16)22(18-10-4-3-5-11-18)25-23(26)17(2)27-20-13-8-12-19(24)15-20/h3-15,17,22H,1-2H3,(H,25,26)/t17-,22-/m0/s1. The van der Waals surface area contributed by atoms with Gasteiger partial charge in [0.2, 0.25) is 0 Å². The van der Waals surface area contributed by atoms with Gasteiger partial charge < -0.3 is 10.1 Å². The molecule has 4 heteroatoms. The van der Waals surface area contributed by atoms with Gasteiger partial charge in [0.15, 0.2) is 6.10 Å². The topological polar surface area (TPSA) is 38.3 Å². The maximum absolute atomic E-state index is 12.8. The molecule has 1 amide bonds. The fraction of sp³-hybridized carbons (Fsp3) is 0.174. The summed E-state index contributed by atoms with van der Waals surface area (Å²) in [7, 11) is 0. The summed E-state index contributed by atoms with van der Waals surface area (Å²) in [5.74, 6) is 0.379. The Morgan fingerprint density at radius 2 is 1.67 bits per heavy atom. The number of carbonyl (C=O) groups excluding carboxylic acids is 1. The van der Waals surface area contributed by atoms with Gasteiger partial charge in [-0.3, -0.25) is 4.79 Å². The number of aryl methyl sites for hydroxylation is 1. The Morgan fingerprint density at radius 1 is 0.963 bits per heavy atom. The van der Waals surface area contributed by atoms with Crippen molar-refractivity contribution in [2.45, 2.75) is 26.0 Å². The molecule has 1 N–H and O–H groups in total. The molecule has 0 fully saturated rings. The third-order valence-corrected chi connectivity index (χ3v) is 4.63. The quantitative estimate of drug-likeness (QED) is 0.629. The third-order valence-electron chi connectivity index (χ3n) is 4.40. The van der Waals surface area contributed by atoms with Gasteiger partial charge in [0, 0.05) is 5.02 Å². The number of hydrogen-bond acceptors (Lipinski definition) is 2. The Kier molecular flexibility index (Phi) is 6.15. The molecule has 0 bridgehead atoms. The van der Waals surface area contributed by atoms with Gasteiger partial charge in [-0.25, -0.2) is 0 Å². The summed E-state index contributed by atoms with van der Waals surface area (Å²) in [6.45, 7) is 3.78. The van der Waals surface area contributed by atoms with Crippen LogP contribution in [0.25, 0.3) is 0 Å². The summed E-state index contributed by atoms with van der Waals surface area (Å²) in [5.41, 5.74) is 3.21. The van der Waals surface area contributed by atoms with Crippen molar-refractivity contribution >= 4 is 17.5 Å². The van der Waals surface area contributed by atoms with E-state index in [1.54, 1.807) is 31.2 Å². The predicted molar refractivity (Wildman–Crippen MR) is 109 cm³/mol. The molecule has 2 atom stereocenters. The molecular formula is C23H22ClNO2. The van der Waals surface area contributed by atoms with E-state index in [-0.39, 0.29) is 11.9 Å². The monoisotopic (exact) mass is 379 g/mol. The van der Waals surface area contributed by atoms with Gasteiger partial charge >= 0.3 is 0 Å². The van der Waals surface area contributed by atoms with E-state index in [1.165, 1.54) is 0 Å². The third kappa shape index (κ3) is 4.89. The smallest absolute Gasteiger partial charge is 0.261 e. The highest BCUT2D eigenvalue weighted by atomic mass is 35.5. The van der Waals surface area contributed by atoms with Crippen LogP contribution in [0, 0.1) is 6.92 Å². The second-order valence-electron chi connectivity index (χ2n) is 6.43. The van der Waals surface area contributed by atoms with Gasteiger partial charge in [-0.1, -0.05) is 72.3 Å².